The van der Waals surface area contributed by atoms with E-state index in [0.717, 1.165) is 24.5 Å². The first-order chi connectivity index (χ1) is 10.2. The van der Waals surface area contributed by atoms with Gasteiger partial charge in [0, 0.05) is 23.7 Å². The predicted octanol–water partition coefficient (Wildman–Crippen LogP) is 4.87. The molecule has 0 amide bonds. The molecule has 0 bridgehead atoms. The topological polar surface area (TPSA) is 21.3 Å². The molecule has 1 spiro atoms. The molecule has 3 heteroatoms. The predicted molar refractivity (Wildman–Crippen MR) is 87.8 cm³/mol. The fraction of sp³-hybridized carbons (Fsp3) is 0.667. The van der Waals surface area contributed by atoms with Crippen LogP contribution in [0.3, 0.4) is 0 Å². The maximum Gasteiger partial charge on any atom is 0.0697 e. The van der Waals surface area contributed by atoms with Crippen molar-refractivity contribution < 1.29 is 4.74 Å². The Morgan fingerprint density at radius 2 is 2.10 bits per heavy atom. The fourth-order valence-electron chi connectivity index (χ4n) is 3.94. The molecule has 2 aliphatic rings. The van der Waals surface area contributed by atoms with E-state index in [1.54, 1.807) is 0 Å². The third-order valence-corrected chi connectivity index (χ3v) is 5.33. The lowest BCUT2D eigenvalue weighted by atomic mass is 9.78. The Labute approximate surface area is 133 Å². The van der Waals surface area contributed by atoms with Crippen LogP contribution in [-0.4, -0.2) is 18.2 Å². The van der Waals surface area contributed by atoms with Crippen LogP contribution in [0.15, 0.2) is 24.3 Å². The summed E-state index contributed by atoms with van der Waals surface area (Å²) in [4.78, 5) is 0. The Balaban J connectivity index is 1.61. The van der Waals surface area contributed by atoms with Crippen LogP contribution in [0.2, 0.25) is 5.02 Å². The average molecular weight is 308 g/mol. The van der Waals surface area contributed by atoms with Gasteiger partial charge in [-0.2, -0.15) is 0 Å². The molecule has 0 aromatic heterocycles. The van der Waals surface area contributed by atoms with Crippen molar-refractivity contribution in [3.05, 3.63) is 34.9 Å². The smallest absolute Gasteiger partial charge is 0.0697 e. The number of hydrogen-bond donors (Lipinski definition) is 1. The third kappa shape index (κ3) is 3.80. The van der Waals surface area contributed by atoms with Crippen LogP contribution >= 0.6 is 11.6 Å². The van der Waals surface area contributed by atoms with E-state index < -0.39 is 0 Å². The fourth-order valence-corrected chi connectivity index (χ4v) is 4.14. The van der Waals surface area contributed by atoms with Gasteiger partial charge >= 0.3 is 0 Å². The molecule has 1 saturated heterocycles. The Kier molecular flexibility index (Phi) is 4.88. The molecule has 1 heterocycles. The molecule has 3 rings (SSSR count). The van der Waals surface area contributed by atoms with E-state index in [4.69, 9.17) is 16.3 Å². The second-order valence-corrected chi connectivity index (χ2v) is 7.16. The monoisotopic (exact) mass is 307 g/mol. The van der Waals surface area contributed by atoms with Crippen LogP contribution in [0.5, 0.6) is 0 Å². The SMILES string of the molecule is CC(NC1CCOC2(CCCCC2)C1)c1cccc(Cl)c1. The van der Waals surface area contributed by atoms with Gasteiger partial charge in [0.1, 0.15) is 0 Å². The Morgan fingerprint density at radius 3 is 2.86 bits per heavy atom. The van der Waals surface area contributed by atoms with Crippen molar-refractivity contribution in [2.45, 2.75) is 69.6 Å². The summed E-state index contributed by atoms with van der Waals surface area (Å²) < 4.78 is 6.18. The van der Waals surface area contributed by atoms with Crippen LogP contribution < -0.4 is 5.32 Å². The summed E-state index contributed by atoms with van der Waals surface area (Å²) in [6, 6.07) is 9.08. The first-order valence-electron chi connectivity index (χ1n) is 8.32. The molecule has 1 aliphatic carbocycles. The van der Waals surface area contributed by atoms with Gasteiger partial charge in [0.05, 0.1) is 5.60 Å². The van der Waals surface area contributed by atoms with Gasteiger partial charge in [0.15, 0.2) is 0 Å². The molecule has 1 aromatic carbocycles. The summed E-state index contributed by atoms with van der Waals surface area (Å²) in [6.07, 6.45) is 8.81. The maximum atomic E-state index is 6.18. The van der Waals surface area contributed by atoms with Gasteiger partial charge in [-0.3, -0.25) is 0 Å². The molecule has 116 valence electrons. The van der Waals surface area contributed by atoms with Crippen LogP contribution in [0, 0.1) is 0 Å². The highest BCUT2D eigenvalue weighted by atomic mass is 35.5. The highest BCUT2D eigenvalue weighted by molar-refractivity contribution is 6.30. The standard InChI is InChI=1S/C18H26ClNO/c1-14(15-6-5-7-16(19)12-15)20-17-8-11-21-18(13-17)9-3-2-4-10-18/h5-7,12,14,17,20H,2-4,8-11,13H2,1H3. The second kappa shape index (κ2) is 6.68. The zero-order valence-corrected chi connectivity index (χ0v) is 13.7. The number of hydrogen-bond acceptors (Lipinski definition) is 2. The summed E-state index contributed by atoms with van der Waals surface area (Å²) in [5.41, 5.74) is 1.44. The number of ether oxygens (including phenoxy) is 1. The van der Waals surface area contributed by atoms with Crippen LogP contribution in [-0.2, 0) is 4.74 Å². The Hall–Kier alpha value is -0.570. The number of benzene rings is 1. The molecule has 2 unspecified atom stereocenters. The van der Waals surface area contributed by atoms with E-state index >= 15 is 0 Å². The third-order valence-electron chi connectivity index (χ3n) is 5.09. The minimum absolute atomic E-state index is 0.169. The van der Waals surface area contributed by atoms with Gasteiger partial charge in [0.25, 0.3) is 0 Å². The van der Waals surface area contributed by atoms with E-state index in [1.807, 2.05) is 12.1 Å². The molecule has 1 N–H and O–H groups in total. The van der Waals surface area contributed by atoms with Gasteiger partial charge < -0.3 is 10.1 Å². The van der Waals surface area contributed by atoms with Gasteiger partial charge in [-0.15, -0.1) is 0 Å². The zero-order chi connectivity index (χ0) is 14.7. The second-order valence-electron chi connectivity index (χ2n) is 6.73. The summed E-state index contributed by atoms with van der Waals surface area (Å²) >= 11 is 6.10. The van der Waals surface area contributed by atoms with Crippen molar-refractivity contribution >= 4 is 11.6 Å². The summed E-state index contributed by atoms with van der Waals surface area (Å²) in [5, 5.41) is 4.61. The quantitative estimate of drug-likeness (QED) is 0.860. The molecule has 2 atom stereocenters. The van der Waals surface area contributed by atoms with Crippen LogP contribution in [0.1, 0.15) is 63.5 Å². The normalized spacial score (nSPS) is 26.7. The van der Waals surface area contributed by atoms with Crippen LogP contribution in [0.25, 0.3) is 0 Å². The molecule has 2 nitrogen and oxygen atoms in total. The summed E-state index contributed by atoms with van der Waals surface area (Å²) in [6.45, 7) is 3.13. The van der Waals surface area contributed by atoms with E-state index in [0.29, 0.717) is 12.1 Å². The molecule has 2 fully saturated rings. The molecule has 0 radical (unpaired) electrons. The molecule has 1 aliphatic heterocycles. The molecular formula is C18H26ClNO. The first-order valence-corrected chi connectivity index (χ1v) is 8.70. The van der Waals surface area contributed by atoms with Gasteiger partial charge in [-0.05, 0) is 50.3 Å². The van der Waals surface area contributed by atoms with Gasteiger partial charge in [-0.1, -0.05) is 43.0 Å². The van der Waals surface area contributed by atoms with Crippen LogP contribution in [0.4, 0.5) is 0 Å². The lowest BCUT2D eigenvalue weighted by Crippen LogP contribution is -2.48. The van der Waals surface area contributed by atoms with E-state index in [2.05, 4.69) is 24.4 Å². The summed E-state index contributed by atoms with van der Waals surface area (Å²) in [7, 11) is 0. The van der Waals surface area contributed by atoms with Crippen molar-refractivity contribution in [1.82, 2.24) is 5.32 Å². The lowest BCUT2D eigenvalue weighted by Gasteiger charge is -2.44. The lowest BCUT2D eigenvalue weighted by molar-refractivity contribution is -0.110. The average Bonchev–Trinajstić information content (AvgIpc) is 2.48. The van der Waals surface area contributed by atoms with Crippen molar-refractivity contribution in [3.8, 4) is 0 Å². The van der Waals surface area contributed by atoms with E-state index in [1.165, 1.54) is 37.7 Å². The first kappa shape index (κ1) is 15.3. The Morgan fingerprint density at radius 1 is 1.29 bits per heavy atom. The highest BCUT2D eigenvalue weighted by Crippen LogP contribution is 2.39. The van der Waals surface area contributed by atoms with Gasteiger partial charge in [0.2, 0.25) is 0 Å². The van der Waals surface area contributed by atoms with E-state index in [-0.39, 0.29) is 5.60 Å². The molecular weight excluding hydrogens is 282 g/mol. The molecule has 1 saturated carbocycles. The minimum Gasteiger partial charge on any atom is -0.375 e. The van der Waals surface area contributed by atoms with Gasteiger partial charge in [-0.25, -0.2) is 0 Å². The van der Waals surface area contributed by atoms with Crippen molar-refractivity contribution in [1.29, 1.82) is 0 Å². The molecule has 1 aromatic rings. The largest absolute Gasteiger partial charge is 0.375 e. The van der Waals surface area contributed by atoms with Crippen molar-refractivity contribution in [2.24, 2.45) is 0 Å². The van der Waals surface area contributed by atoms with Crippen molar-refractivity contribution in [3.63, 3.8) is 0 Å². The van der Waals surface area contributed by atoms with E-state index in [9.17, 15) is 0 Å². The number of rotatable bonds is 3. The van der Waals surface area contributed by atoms with Crippen molar-refractivity contribution in [2.75, 3.05) is 6.61 Å². The molecule has 21 heavy (non-hydrogen) atoms. The zero-order valence-electron chi connectivity index (χ0n) is 12.9. The Bertz CT molecular complexity index is 465. The number of halogens is 1. The highest BCUT2D eigenvalue weighted by Gasteiger charge is 2.38. The number of nitrogens with one attached hydrogen (secondary N) is 1. The summed E-state index contributed by atoms with van der Waals surface area (Å²) in [5.74, 6) is 0. The maximum absolute atomic E-state index is 6.18. The minimum atomic E-state index is 0.169.